The topological polar surface area (TPSA) is 69.2 Å². The highest BCUT2D eigenvalue weighted by Crippen LogP contribution is 2.41. The van der Waals surface area contributed by atoms with Crippen LogP contribution in [0.1, 0.15) is 46.7 Å². The van der Waals surface area contributed by atoms with Crippen LogP contribution in [-0.2, 0) is 24.8 Å². The van der Waals surface area contributed by atoms with Crippen LogP contribution < -0.4 is 0 Å². The lowest BCUT2D eigenvalue weighted by Crippen LogP contribution is -2.35. The smallest absolute Gasteiger partial charge is 0.416 e. The first kappa shape index (κ1) is 18.5. The van der Waals surface area contributed by atoms with Crippen LogP contribution in [-0.4, -0.2) is 25.9 Å². The van der Waals surface area contributed by atoms with Crippen LogP contribution in [0.3, 0.4) is 0 Å². The van der Waals surface area contributed by atoms with Gasteiger partial charge in [-0.1, -0.05) is 12.1 Å². The molecule has 28 heavy (non-hydrogen) atoms. The maximum absolute atomic E-state index is 12.9. The number of aromatic nitrogens is 2. The number of aromatic carboxylic acids is 1. The van der Waals surface area contributed by atoms with E-state index in [9.17, 15) is 23.1 Å². The van der Waals surface area contributed by atoms with E-state index in [4.69, 9.17) is 0 Å². The molecule has 0 unspecified atom stereocenters. The third-order valence-electron chi connectivity index (χ3n) is 5.40. The molecule has 0 saturated carbocycles. The average molecular weight is 389 g/mol. The predicted molar refractivity (Wildman–Crippen MR) is 96.8 cm³/mol. The summed E-state index contributed by atoms with van der Waals surface area (Å²) in [7, 11) is 0. The highest BCUT2D eigenvalue weighted by Gasteiger charge is 2.39. The maximum atomic E-state index is 12.9. The first-order chi connectivity index (χ1) is 13.1. The van der Waals surface area contributed by atoms with E-state index in [1.807, 2.05) is 19.9 Å². The van der Waals surface area contributed by atoms with E-state index in [1.54, 1.807) is 12.1 Å². The minimum atomic E-state index is -4.41. The average Bonchev–Trinajstić information content (AvgIpc) is 3.12. The zero-order chi connectivity index (χ0) is 20.3. The van der Waals surface area contributed by atoms with E-state index >= 15 is 0 Å². The van der Waals surface area contributed by atoms with Gasteiger partial charge in [0.1, 0.15) is 5.82 Å². The lowest BCUT2D eigenvalue weighted by atomic mass is 9.91. The molecule has 3 aromatic rings. The summed E-state index contributed by atoms with van der Waals surface area (Å²) in [6.07, 6.45) is -4.41. The Morgan fingerprint density at radius 2 is 2.04 bits per heavy atom. The molecule has 0 saturated heterocycles. The number of carbonyl (C=O) groups is 1. The molecule has 0 aliphatic carbocycles. The fraction of sp³-hybridized carbons (Fsp3) is 0.300. The summed E-state index contributed by atoms with van der Waals surface area (Å²) in [4.78, 5) is 21.0. The number of fused-ring (bicyclic) bond motifs is 2. The van der Waals surface area contributed by atoms with Gasteiger partial charge >= 0.3 is 12.1 Å². The SMILES string of the molecule is CC1(C)c2cccc(C(=O)O)c2CN1Cc1nc2ccc(C(F)(F)F)cc2[nH]1. The second kappa shape index (κ2) is 6.07. The minimum Gasteiger partial charge on any atom is -0.478 e. The molecule has 4 rings (SSSR count). The Labute approximate surface area is 158 Å². The van der Waals surface area contributed by atoms with Gasteiger partial charge in [0.05, 0.1) is 28.7 Å². The predicted octanol–water partition coefficient (Wildman–Crippen LogP) is 4.53. The molecule has 2 heterocycles. The maximum Gasteiger partial charge on any atom is 0.416 e. The molecular formula is C20H18F3N3O2. The Kier molecular flexibility index (Phi) is 4.01. The number of hydrogen-bond acceptors (Lipinski definition) is 3. The Balaban J connectivity index is 1.66. The van der Waals surface area contributed by atoms with Crippen LogP contribution in [0, 0.1) is 0 Å². The van der Waals surface area contributed by atoms with Crippen LogP contribution in [0.4, 0.5) is 13.2 Å². The summed E-state index contributed by atoms with van der Waals surface area (Å²) in [6, 6.07) is 8.65. The molecule has 1 aromatic heterocycles. The van der Waals surface area contributed by atoms with E-state index in [2.05, 4.69) is 14.9 Å². The van der Waals surface area contributed by atoms with Crippen LogP contribution in [0.2, 0.25) is 0 Å². The van der Waals surface area contributed by atoms with Crippen molar-refractivity contribution in [1.29, 1.82) is 0 Å². The van der Waals surface area contributed by atoms with Crippen molar-refractivity contribution in [3.63, 3.8) is 0 Å². The van der Waals surface area contributed by atoms with Gasteiger partial charge in [0.2, 0.25) is 0 Å². The van der Waals surface area contributed by atoms with Crippen LogP contribution in [0.25, 0.3) is 11.0 Å². The molecule has 0 spiro atoms. The molecule has 1 aliphatic rings. The first-order valence-electron chi connectivity index (χ1n) is 8.74. The molecule has 2 aromatic carbocycles. The quantitative estimate of drug-likeness (QED) is 0.691. The molecule has 1 aliphatic heterocycles. The number of carboxylic acids is 1. The van der Waals surface area contributed by atoms with Gasteiger partial charge < -0.3 is 10.1 Å². The third kappa shape index (κ3) is 2.93. The molecule has 0 bridgehead atoms. The third-order valence-corrected chi connectivity index (χ3v) is 5.40. The lowest BCUT2D eigenvalue weighted by Gasteiger charge is -2.31. The van der Waals surface area contributed by atoms with Gasteiger partial charge in [0.25, 0.3) is 0 Å². The van der Waals surface area contributed by atoms with Crippen molar-refractivity contribution in [1.82, 2.24) is 14.9 Å². The van der Waals surface area contributed by atoms with Crippen molar-refractivity contribution in [2.75, 3.05) is 0 Å². The van der Waals surface area contributed by atoms with Crippen molar-refractivity contribution in [3.8, 4) is 0 Å². The second-order valence-corrected chi connectivity index (χ2v) is 7.47. The molecule has 0 fully saturated rings. The number of halogens is 3. The lowest BCUT2D eigenvalue weighted by molar-refractivity contribution is -0.137. The Bertz CT molecular complexity index is 1090. The van der Waals surface area contributed by atoms with E-state index in [1.165, 1.54) is 6.07 Å². The van der Waals surface area contributed by atoms with Crippen molar-refractivity contribution >= 4 is 17.0 Å². The molecule has 0 atom stereocenters. The number of carboxylic acid groups (broad SMARTS) is 1. The highest BCUT2D eigenvalue weighted by atomic mass is 19.4. The van der Waals surface area contributed by atoms with Gasteiger partial charge in [-0.25, -0.2) is 9.78 Å². The number of nitrogens with one attached hydrogen (secondary N) is 1. The minimum absolute atomic E-state index is 0.271. The van der Waals surface area contributed by atoms with E-state index in [0.717, 1.165) is 23.3 Å². The van der Waals surface area contributed by atoms with Crippen LogP contribution in [0.15, 0.2) is 36.4 Å². The molecular weight excluding hydrogens is 371 g/mol. The van der Waals surface area contributed by atoms with E-state index in [0.29, 0.717) is 29.9 Å². The van der Waals surface area contributed by atoms with Gasteiger partial charge in [0.15, 0.2) is 0 Å². The summed E-state index contributed by atoms with van der Waals surface area (Å²) < 4.78 is 38.7. The van der Waals surface area contributed by atoms with Gasteiger partial charge in [-0.15, -0.1) is 0 Å². The normalized spacial score (nSPS) is 16.5. The number of alkyl halides is 3. The van der Waals surface area contributed by atoms with E-state index in [-0.39, 0.29) is 5.56 Å². The number of imidazole rings is 1. The fourth-order valence-electron chi connectivity index (χ4n) is 3.84. The Hall–Kier alpha value is -2.87. The molecule has 2 N–H and O–H groups in total. The zero-order valence-electron chi connectivity index (χ0n) is 15.3. The fourth-order valence-corrected chi connectivity index (χ4v) is 3.84. The summed E-state index contributed by atoms with van der Waals surface area (Å²) in [5, 5.41) is 9.45. The molecule has 8 heteroatoms. The number of hydrogen-bond donors (Lipinski definition) is 2. The first-order valence-corrected chi connectivity index (χ1v) is 8.74. The summed E-state index contributed by atoms with van der Waals surface area (Å²) >= 11 is 0. The number of rotatable bonds is 3. The van der Waals surface area contributed by atoms with Crippen LogP contribution in [0.5, 0.6) is 0 Å². The molecule has 5 nitrogen and oxygen atoms in total. The summed E-state index contributed by atoms with van der Waals surface area (Å²) in [5.41, 5.74) is 1.59. The molecule has 146 valence electrons. The van der Waals surface area contributed by atoms with E-state index < -0.39 is 23.2 Å². The monoisotopic (exact) mass is 389 g/mol. The summed E-state index contributed by atoms with van der Waals surface area (Å²) in [5.74, 6) is -0.440. The van der Waals surface area contributed by atoms with Crippen LogP contribution >= 0.6 is 0 Å². The highest BCUT2D eigenvalue weighted by molar-refractivity contribution is 5.90. The zero-order valence-corrected chi connectivity index (χ0v) is 15.3. The number of H-pyrrole nitrogens is 1. The number of benzene rings is 2. The van der Waals surface area contributed by atoms with Gasteiger partial charge in [-0.3, -0.25) is 4.90 Å². The standard InChI is InChI=1S/C20H18F3N3O2/c1-19(2)14-5-3-4-12(18(27)28)13(14)9-26(19)10-17-24-15-7-6-11(20(21,22)23)8-16(15)25-17/h3-8H,9-10H2,1-2H3,(H,24,25)(H,27,28). The Morgan fingerprint density at radius 3 is 2.71 bits per heavy atom. The van der Waals surface area contributed by atoms with Crippen molar-refractivity contribution < 1.29 is 23.1 Å². The number of nitrogens with zero attached hydrogens (tertiary/aromatic N) is 2. The summed E-state index contributed by atoms with van der Waals surface area (Å²) in [6.45, 7) is 4.77. The molecule has 0 amide bonds. The van der Waals surface area contributed by atoms with Gasteiger partial charge in [-0.05, 0) is 49.2 Å². The van der Waals surface area contributed by atoms with Crippen molar-refractivity contribution in [2.45, 2.75) is 38.7 Å². The second-order valence-electron chi connectivity index (χ2n) is 7.47. The van der Waals surface area contributed by atoms with Gasteiger partial charge in [-0.2, -0.15) is 13.2 Å². The largest absolute Gasteiger partial charge is 0.478 e. The van der Waals surface area contributed by atoms with Crippen molar-refractivity contribution in [3.05, 3.63) is 64.5 Å². The molecule has 0 radical (unpaired) electrons. The number of aromatic amines is 1. The van der Waals surface area contributed by atoms with Gasteiger partial charge in [0, 0.05) is 12.1 Å². The van der Waals surface area contributed by atoms with Crippen molar-refractivity contribution in [2.24, 2.45) is 0 Å². The Morgan fingerprint density at radius 1 is 1.29 bits per heavy atom.